The van der Waals surface area contributed by atoms with E-state index in [1.165, 1.54) is 4.88 Å². The maximum absolute atomic E-state index is 11.9. The lowest BCUT2D eigenvalue weighted by atomic mass is 10.2. The number of benzene rings is 1. The number of rotatable bonds is 8. The molecular weight excluding hydrogens is 398 g/mol. The van der Waals surface area contributed by atoms with E-state index in [2.05, 4.69) is 27.1 Å². The van der Waals surface area contributed by atoms with Crippen molar-refractivity contribution in [2.75, 3.05) is 38.6 Å². The predicted octanol–water partition coefficient (Wildman–Crippen LogP) is 2.24. The molecule has 160 valence electrons. The van der Waals surface area contributed by atoms with Crippen LogP contribution in [0.5, 0.6) is 0 Å². The van der Waals surface area contributed by atoms with Gasteiger partial charge in [-0.1, -0.05) is 18.2 Å². The van der Waals surface area contributed by atoms with Gasteiger partial charge in [0.05, 0.1) is 13.1 Å². The highest BCUT2D eigenvalue weighted by molar-refractivity contribution is 7.09. The maximum atomic E-state index is 11.9. The van der Waals surface area contributed by atoms with Crippen molar-refractivity contribution in [2.24, 2.45) is 4.99 Å². The highest BCUT2D eigenvalue weighted by Gasteiger charge is 2.21. The molecule has 1 aromatic heterocycles. The number of aliphatic imine (C=N–C) groups is 1. The van der Waals surface area contributed by atoms with E-state index in [0.717, 1.165) is 37.2 Å². The Morgan fingerprint density at radius 3 is 2.63 bits per heavy atom. The average molecular weight is 428 g/mol. The molecule has 0 bridgehead atoms. The van der Waals surface area contributed by atoms with Gasteiger partial charge in [0.25, 0.3) is 0 Å². The van der Waals surface area contributed by atoms with Crippen molar-refractivity contribution >= 4 is 34.8 Å². The van der Waals surface area contributed by atoms with Crippen LogP contribution in [0.3, 0.4) is 0 Å². The summed E-state index contributed by atoms with van der Waals surface area (Å²) in [7, 11) is 3.47. The zero-order valence-electron chi connectivity index (χ0n) is 17.6. The van der Waals surface area contributed by atoms with Gasteiger partial charge < -0.3 is 20.4 Å². The number of hydrogen-bond donors (Lipinski definition) is 2. The van der Waals surface area contributed by atoms with Crippen molar-refractivity contribution < 1.29 is 9.59 Å². The normalized spacial score (nSPS) is 14.1. The van der Waals surface area contributed by atoms with Gasteiger partial charge in [0.1, 0.15) is 0 Å². The van der Waals surface area contributed by atoms with Gasteiger partial charge in [-0.25, -0.2) is 4.99 Å². The quantitative estimate of drug-likeness (QED) is 0.500. The molecule has 30 heavy (non-hydrogen) atoms. The molecule has 8 heteroatoms. The van der Waals surface area contributed by atoms with Crippen molar-refractivity contribution in [1.82, 2.24) is 15.5 Å². The average Bonchev–Trinajstić information content (AvgIpc) is 3.41. The third-order valence-corrected chi connectivity index (χ3v) is 5.83. The van der Waals surface area contributed by atoms with Crippen LogP contribution in [0.25, 0.3) is 0 Å². The van der Waals surface area contributed by atoms with Gasteiger partial charge >= 0.3 is 0 Å². The molecular formula is C22H29N5O2S. The summed E-state index contributed by atoms with van der Waals surface area (Å²) in [5.41, 5.74) is 1.98. The fourth-order valence-corrected chi connectivity index (χ4v) is 3.83. The molecule has 0 spiro atoms. The van der Waals surface area contributed by atoms with Gasteiger partial charge in [0.2, 0.25) is 11.8 Å². The maximum Gasteiger partial charge on any atom is 0.241 e. The number of carbonyl (C=O) groups excluding carboxylic acids is 2. The van der Waals surface area contributed by atoms with Crippen molar-refractivity contribution in [2.45, 2.75) is 25.8 Å². The topological polar surface area (TPSA) is 77.0 Å². The lowest BCUT2D eigenvalue weighted by Gasteiger charge is -2.16. The third kappa shape index (κ3) is 6.32. The molecule has 1 aromatic carbocycles. The smallest absolute Gasteiger partial charge is 0.241 e. The molecule has 0 radical (unpaired) electrons. The largest absolute Gasteiger partial charge is 0.356 e. The highest BCUT2D eigenvalue weighted by atomic mass is 32.1. The zero-order chi connectivity index (χ0) is 21.3. The van der Waals surface area contributed by atoms with E-state index in [1.807, 2.05) is 35.2 Å². The first-order valence-corrected chi connectivity index (χ1v) is 11.0. The van der Waals surface area contributed by atoms with Crippen LogP contribution in [0.2, 0.25) is 0 Å². The fourth-order valence-electron chi connectivity index (χ4n) is 3.12. The number of hydrogen-bond acceptors (Lipinski definition) is 4. The Bertz CT molecular complexity index is 862. The van der Waals surface area contributed by atoms with Crippen LogP contribution in [0.15, 0.2) is 46.8 Å². The molecule has 0 atom stereocenters. The lowest BCUT2D eigenvalue weighted by molar-refractivity contribution is -0.127. The zero-order valence-corrected chi connectivity index (χ0v) is 18.4. The first kappa shape index (κ1) is 21.8. The van der Waals surface area contributed by atoms with E-state index in [9.17, 15) is 9.59 Å². The number of likely N-dealkylation sites (N-methyl/N-ethyl adjacent to an activating group) is 1. The molecule has 1 fully saturated rings. The van der Waals surface area contributed by atoms with Crippen LogP contribution in [0, 0.1) is 0 Å². The molecule has 3 rings (SSSR count). The van der Waals surface area contributed by atoms with Gasteiger partial charge in [-0.3, -0.25) is 9.59 Å². The Labute approximate surface area is 181 Å². The number of guanidine groups is 1. The number of thiophene rings is 1. The summed E-state index contributed by atoms with van der Waals surface area (Å²) in [4.78, 5) is 33.1. The van der Waals surface area contributed by atoms with Crippen LogP contribution in [-0.2, 0) is 22.6 Å². The van der Waals surface area contributed by atoms with E-state index in [1.54, 1.807) is 30.3 Å². The lowest BCUT2D eigenvalue weighted by Crippen LogP contribution is -2.43. The van der Waals surface area contributed by atoms with Crippen molar-refractivity contribution in [3.8, 4) is 0 Å². The summed E-state index contributed by atoms with van der Waals surface area (Å²) >= 11 is 1.73. The Hall–Kier alpha value is -2.87. The Morgan fingerprint density at radius 1 is 1.20 bits per heavy atom. The van der Waals surface area contributed by atoms with Crippen LogP contribution >= 0.6 is 11.3 Å². The SMILES string of the molecule is CN(C)C(=O)CNC(=NCc1ccc(N2CCCC2=O)cc1)NCCc1cccs1. The van der Waals surface area contributed by atoms with Crippen molar-refractivity contribution in [3.63, 3.8) is 0 Å². The number of nitrogens with one attached hydrogen (secondary N) is 2. The molecule has 1 aliphatic heterocycles. The van der Waals surface area contributed by atoms with Gasteiger partial charge in [0.15, 0.2) is 5.96 Å². The second-order valence-electron chi connectivity index (χ2n) is 7.38. The summed E-state index contributed by atoms with van der Waals surface area (Å²) in [6, 6.07) is 12.1. The minimum absolute atomic E-state index is 0.0117. The molecule has 2 aromatic rings. The molecule has 1 saturated heterocycles. The third-order valence-electron chi connectivity index (χ3n) is 4.89. The number of nitrogens with zero attached hydrogens (tertiary/aromatic N) is 3. The second kappa shape index (κ2) is 10.8. The highest BCUT2D eigenvalue weighted by Crippen LogP contribution is 2.21. The molecule has 2 N–H and O–H groups in total. The molecule has 2 amide bonds. The van der Waals surface area contributed by atoms with E-state index in [-0.39, 0.29) is 18.4 Å². The van der Waals surface area contributed by atoms with Crippen molar-refractivity contribution in [1.29, 1.82) is 0 Å². The predicted molar refractivity (Wildman–Crippen MR) is 122 cm³/mol. The van der Waals surface area contributed by atoms with E-state index < -0.39 is 0 Å². The van der Waals surface area contributed by atoms with E-state index in [0.29, 0.717) is 18.9 Å². The summed E-state index contributed by atoms with van der Waals surface area (Å²) in [5.74, 6) is 0.788. The van der Waals surface area contributed by atoms with Crippen LogP contribution < -0.4 is 15.5 Å². The van der Waals surface area contributed by atoms with Gasteiger partial charge in [-0.15, -0.1) is 11.3 Å². The van der Waals surface area contributed by atoms with E-state index >= 15 is 0 Å². The summed E-state index contributed by atoms with van der Waals surface area (Å²) in [5, 5.41) is 8.48. The first-order chi connectivity index (χ1) is 14.5. The van der Waals surface area contributed by atoms with E-state index in [4.69, 9.17) is 0 Å². The van der Waals surface area contributed by atoms with Gasteiger partial charge in [0, 0.05) is 44.2 Å². The minimum atomic E-state index is -0.0117. The standard InChI is InChI=1S/C22H29N5O2S/c1-26(2)21(29)16-25-22(23-12-11-19-5-4-14-30-19)24-15-17-7-9-18(10-8-17)27-13-3-6-20(27)28/h4-5,7-10,14H,3,6,11-13,15-16H2,1-2H3,(H2,23,24,25). The minimum Gasteiger partial charge on any atom is -0.356 e. The molecule has 7 nitrogen and oxygen atoms in total. The van der Waals surface area contributed by atoms with Crippen LogP contribution in [0.1, 0.15) is 23.3 Å². The monoisotopic (exact) mass is 427 g/mol. The van der Waals surface area contributed by atoms with Crippen molar-refractivity contribution in [3.05, 3.63) is 52.2 Å². The van der Waals surface area contributed by atoms with Gasteiger partial charge in [-0.05, 0) is 42.0 Å². The Kier molecular flexibility index (Phi) is 7.84. The van der Waals surface area contributed by atoms with Gasteiger partial charge in [-0.2, -0.15) is 0 Å². The number of anilines is 1. The molecule has 2 heterocycles. The second-order valence-corrected chi connectivity index (χ2v) is 8.41. The summed E-state index contributed by atoms with van der Waals surface area (Å²) in [6.45, 7) is 2.20. The van der Waals surface area contributed by atoms with Crippen LogP contribution in [-0.4, -0.2) is 56.4 Å². The number of amides is 2. The molecule has 1 aliphatic rings. The van der Waals surface area contributed by atoms with Crippen LogP contribution in [0.4, 0.5) is 5.69 Å². The Balaban J connectivity index is 1.59. The summed E-state index contributed by atoms with van der Waals surface area (Å²) < 4.78 is 0. The number of carbonyl (C=O) groups is 2. The molecule has 0 aliphatic carbocycles. The summed E-state index contributed by atoms with van der Waals surface area (Å²) in [6.07, 6.45) is 2.45. The first-order valence-electron chi connectivity index (χ1n) is 10.2. The Morgan fingerprint density at radius 2 is 2.00 bits per heavy atom. The molecule has 0 unspecified atom stereocenters. The molecule has 0 saturated carbocycles. The fraction of sp³-hybridized carbons (Fsp3) is 0.409.